The number of fused-ring (bicyclic) bond motifs is 1. The Morgan fingerprint density at radius 1 is 0.909 bits per heavy atom. The summed E-state index contributed by atoms with van der Waals surface area (Å²) in [5.74, 6) is 0.181. The van der Waals surface area contributed by atoms with Crippen molar-refractivity contribution in [3.05, 3.63) is 83.9 Å². The van der Waals surface area contributed by atoms with Gasteiger partial charge < -0.3 is 9.88 Å². The summed E-state index contributed by atoms with van der Waals surface area (Å²) in [6.07, 6.45) is -4.48. The third kappa shape index (κ3) is 4.92. The molecule has 7 heteroatoms. The van der Waals surface area contributed by atoms with E-state index in [4.69, 9.17) is 4.98 Å². The van der Waals surface area contributed by atoms with Crippen molar-refractivity contribution < 1.29 is 18.0 Å². The van der Waals surface area contributed by atoms with Crippen LogP contribution >= 0.6 is 0 Å². The molecule has 0 atom stereocenters. The number of hydrogen-bond acceptors (Lipinski definition) is 2. The van der Waals surface area contributed by atoms with Crippen LogP contribution in [0.15, 0.2) is 72.8 Å². The van der Waals surface area contributed by atoms with E-state index >= 15 is 0 Å². The second kappa shape index (κ2) is 8.39. The lowest BCUT2D eigenvalue weighted by Crippen LogP contribution is -2.19. The number of nitrogens with one attached hydrogen (secondary N) is 1. The van der Waals surface area contributed by atoms with Gasteiger partial charge in [0.15, 0.2) is 0 Å². The van der Waals surface area contributed by atoms with Crippen molar-refractivity contribution in [3.8, 4) is 11.4 Å². The number of carbonyl (C=O) groups excluding carboxylic acids is 1. The summed E-state index contributed by atoms with van der Waals surface area (Å²) < 4.78 is 40.8. The zero-order chi connectivity index (χ0) is 23.8. The van der Waals surface area contributed by atoms with E-state index in [9.17, 15) is 18.0 Å². The van der Waals surface area contributed by atoms with Crippen LogP contribution in [0.25, 0.3) is 22.4 Å². The Kier molecular flexibility index (Phi) is 5.74. The molecule has 1 heterocycles. The first-order chi connectivity index (χ1) is 15.5. The minimum atomic E-state index is -4.48. The Balaban J connectivity index is 1.66. The molecule has 1 aromatic heterocycles. The summed E-state index contributed by atoms with van der Waals surface area (Å²) in [7, 11) is 0. The fourth-order valence-corrected chi connectivity index (χ4v) is 3.69. The summed E-state index contributed by atoms with van der Waals surface area (Å²) in [6.45, 7) is 6.31. The molecule has 4 nitrogen and oxygen atoms in total. The van der Waals surface area contributed by atoms with E-state index in [0.29, 0.717) is 5.82 Å². The van der Waals surface area contributed by atoms with Crippen molar-refractivity contribution in [1.29, 1.82) is 0 Å². The number of rotatable bonds is 4. The number of halogens is 3. The van der Waals surface area contributed by atoms with Gasteiger partial charge in [-0.2, -0.15) is 13.2 Å². The molecule has 0 aliphatic rings. The van der Waals surface area contributed by atoms with Gasteiger partial charge in [0.2, 0.25) is 5.91 Å². The number of para-hydroxylation sites is 2. The molecular formula is C26H24F3N3O. The van der Waals surface area contributed by atoms with E-state index < -0.39 is 17.6 Å². The van der Waals surface area contributed by atoms with E-state index in [1.807, 2.05) is 48.5 Å². The van der Waals surface area contributed by atoms with Gasteiger partial charge >= 0.3 is 6.18 Å². The van der Waals surface area contributed by atoms with E-state index in [1.54, 1.807) is 4.57 Å². The fourth-order valence-electron chi connectivity index (χ4n) is 3.69. The number of nitrogens with zero attached hydrogens (tertiary/aromatic N) is 2. The van der Waals surface area contributed by atoms with Gasteiger partial charge in [-0.1, -0.05) is 63.2 Å². The molecule has 1 amide bonds. The molecule has 0 saturated heterocycles. The lowest BCUT2D eigenvalue weighted by molar-refractivity contribution is -0.137. The largest absolute Gasteiger partial charge is 0.416 e. The zero-order valence-corrected chi connectivity index (χ0v) is 18.6. The van der Waals surface area contributed by atoms with E-state index in [2.05, 4.69) is 26.1 Å². The van der Waals surface area contributed by atoms with Crippen molar-refractivity contribution in [2.45, 2.75) is 38.9 Å². The average Bonchev–Trinajstić information content (AvgIpc) is 3.11. The SMILES string of the molecule is CC(C)(C)c1ccc(-c2nc3ccccc3n2CC(=O)Nc2cccc(C(F)(F)F)c2)cc1. The maximum Gasteiger partial charge on any atom is 0.416 e. The molecule has 0 aliphatic heterocycles. The molecule has 170 valence electrons. The summed E-state index contributed by atoms with van der Waals surface area (Å²) >= 11 is 0. The molecule has 4 rings (SSSR count). The third-order valence-corrected chi connectivity index (χ3v) is 5.44. The van der Waals surface area contributed by atoms with Gasteiger partial charge in [-0.15, -0.1) is 0 Å². The minimum Gasteiger partial charge on any atom is -0.325 e. The maximum atomic E-state index is 13.0. The van der Waals surface area contributed by atoms with Crippen LogP contribution in [0.3, 0.4) is 0 Å². The zero-order valence-electron chi connectivity index (χ0n) is 18.6. The number of alkyl halides is 3. The highest BCUT2D eigenvalue weighted by atomic mass is 19.4. The Hall–Kier alpha value is -3.61. The second-order valence-electron chi connectivity index (χ2n) is 8.96. The summed E-state index contributed by atoms with van der Waals surface area (Å²) in [5, 5.41) is 2.58. The quantitative estimate of drug-likeness (QED) is 0.377. The number of amides is 1. The number of benzene rings is 3. The molecular weight excluding hydrogens is 427 g/mol. The smallest absolute Gasteiger partial charge is 0.325 e. The maximum absolute atomic E-state index is 13.0. The second-order valence-corrected chi connectivity index (χ2v) is 8.96. The van der Waals surface area contributed by atoms with E-state index in [-0.39, 0.29) is 17.6 Å². The molecule has 0 radical (unpaired) electrons. The Bertz CT molecular complexity index is 1300. The van der Waals surface area contributed by atoms with Gasteiger partial charge in [0.25, 0.3) is 0 Å². The van der Waals surface area contributed by atoms with Crippen LogP contribution in [-0.2, 0) is 22.9 Å². The first kappa shape index (κ1) is 22.6. The molecule has 0 fully saturated rings. The number of anilines is 1. The molecule has 4 aromatic rings. The van der Waals surface area contributed by atoms with Gasteiger partial charge in [-0.05, 0) is 41.3 Å². The number of carbonyl (C=O) groups is 1. The fraction of sp³-hybridized carbons (Fsp3) is 0.231. The highest BCUT2D eigenvalue weighted by Gasteiger charge is 2.30. The Morgan fingerprint density at radius 2 is 1.61 bits per heavy atom. The summed E-state index contributed by atoms with van der Waals surface area (Å²) in [6, 6.07) is 20.1. The van der Waals surface area contributed by atoms with E-state index in [0.717, 1.165) is 28.7 Å². The van der Waals surface area contributed by atoms with Gasteiger partial charge in [0, 0.05) is 11.3 Å². The number of hydrogen-bond donors (Lipinski definition) is 1. The van der Waals surface area contributed by atoms with Crippen molar-refractivity contribution in [3.63, 3.8) is 0 Å². The summed E-state index contributed by atoms with van der Waals surface area (Å²) in [4.78, 5) is 17.5. The van der Waals surface area contributed by atoms with Crippen LogP contribution in [0.1, 0.15) is 31.9 Å². The van der Waals surface area contributed by atoms with Gasteiger partial charge in [0.1, 0.15) is 12.4 Å². The molecule has 1 N–H and O–H groups in total. The van der Waals surface area contributed by atoms with Crippen LogP contribution in [-0.4, -0.2) is 15.5 Å². The van der Waals surface area contributed by atoms with Crippen molar-refractivity contribution in [2.24, 2.45) is 0 Å². The molecule has 0 bridgehead atoms. The van der Waals surface area contributed by atoms with Crippen LogP contribution < -0.4 is 5.32 Å². The molecule has 0 spiro atoms. The Morgan fingerprint density at radius 3 is 2.27 bits per heavy atom. The van der Waals surface area contributed by atoms with Crippen molar-refractivity contribution in [1.82, 2.24) is 9.55 Å². The normalized spacial score (nSPS) is 12.2. The minimum absolute atomic E-state index is 0.00348. The molecule has 0 aliphatic carbocycles. The first-order valence-electron chi connectivity index (χ1n) is 10.6. The monoisotopic (exact) mass is 451 g/mol. The predicted octanol–water partition coefficient (Wildman–Crippen LogP) is 6.66. The highest BCUT2D eigenvalue weighted by molar-refractivity contribution is 5.92. The van der Waals surface area contributed by atoms with Crippen LogP contribution in [0.5, 0.6) is 0 Å². The van der Waals surface area contributed by atoms with Crippen molar-refractivity contribution in [2.75, 3.05) is 5.32 Å². The topological polar surface area (TPSA) is 46.9 Å². The van der Waals surface area contributed by atoms with Crippen LogP contribution in [0.4, 0.5) is 18.9 Å². The number of imidazole rings is 1. The molecule has 33 heavy (non-hydrogen) atoms. The Labute approximate surface area is 190 Å². The summed E-state index contributed by atoms with van der Waals surface area (Å²) in [5.41, 5.74) is 2.82. The van der Waals surface area contributed by atoms with Crippen LogP contribution in [0, 0.1) is 0 Å². The number of aromatic nitrogens is 2. The van der Waals surface area contributed by atoms with Gasteiger partial charge in [-0.3, -0.25) is 4.79 Å². The van der Waals surface area contributed by atoms with Gasteiger partial charge in [0.05, 0.1) is 16.6 Å². The first-order valence-corrected chi connectivity index (χ1v) is 10.6. The average molecular weight is 451 g/mol. The highest BCUT2D eigenvalue weighted by Crippen LogP contribution is 2.31. The van der Waals surface area contributed by atoms with Gasteiger partial charge in [-0.25, -0.2) is 4.98 Å². The van der Waals surface area contributed by atoms with Crippen LogP contribution in [0.2, 0.25) is 0 Å². The predicted molar refractivity (Wildman–Crippen MR) is 124 cm³/mol. The molecule has 0 saturated carbocycles. The third-order valence-electron chi connectivity index (χ3n) is 5.44. The lowest BCUT2D eigenvalue weighted by Gasteiger charge is -2.19. The lowest BCUT2D eigenvalue weighted by atomic mass is 9.87. The standard InChI is InChI=1S/C26H24F3N3O/c1-25(2,3)18-13-11-17(12-14-18)24-31-21-9-4-5-10-22(21)32(24)16-23(33)30-20-8-6-7-19(15-20)26(27,28)29/h4-15H,16H2,1-3H3,(H,30,33). The van der Waals surface area contributed by atoms with Crippen molar-refractivity contribution >= 4 is 22.6 Å². The molecule has 0 unspecified atom stereocenters. The van der Waals surface area contributed by atoms with E-state index in [1.165, 1.54) is 17.7 Å². The molecule has 3 aromatic carbocycles.